The van der Waals surface area contributed by atoms with E-state index in [1.54, 1.807) is 5.56 Å². The molecule has 2 nitrogen and oxygen atoms in total. The van der Waals surface area contributed by atoms with Gasteiger partial charge < -0.3 is 4.98 Å². The Kier molecular flexibility index (Phi) is 2.28. The molecule has 3 heterocycles. The van der Waals surface area contributed by atoms with E-state index in [2.05, 4.69) is 41.1 Å². The minimum Gasteiger partial charge on any atom is -0.357 e. The highest BCUT2D eigenvalue weighted by molar-refractivity contribution is 5.85. The smallest absolute Gasteiger partial charge is 0.0504 e. The van der Waals surface area contributed by atoms with Crippen molar-refractivity contribution in [2.45, 2.75) is 32.2 Å². The van der Waals surface area contributed by atoms with Gasteiger partial charge >= 0.3 is 0 Å². The van der Waals surface area contributed by atoms with Gasteiger partial charge in [-0.15, -0.1) is 0 Å². The van der Waals surface area contributed by atoms with Crippen molar-refractivity contribution in [1.29, 1.82) is 0 Å². The van der Waals surface area contributed by atoms with Crippen LogP contribution in [0.25, 0.3) is 10.9 Å². The monoisotopic (exact) mass is 240 g/mol. The summed E-state index contributed by atoms with van der Waals surface area (Å²) in [5, 5.41) is 1.45. The molecule has 2 unspecified atom stereocenters. The molecule has 0 spiro atoms. The third-order valence-electron chi connectivity index (χ3n) is 4.80. The lowest BCUT2D eigenvalue weighted by Crippen LogP contribution is -2.40. The Labute approximate surface area is 108 Å². The van der Waals surface area contributed by atoms with Gasteiger partial charge in [-0.05, 0) is 43.4 Å². The molecule has 0 amide bonds. The maximum absolute atomic E-state index is 3.69. The van der Waals surface area contributed by atoms with E-state index in [9.17, 15) is 0 Å². The van der Waals surface area contributed by atoms with Crippen molar-refractivity contribution in [3.05, 3.63) is 35.5 Å². The molecule has 94 valence electrons. The zero-order chi connectivity index (χ0) is 12.1. The summed E-state index contributed by atoms with van der Waals surface area (Å²) >= 11 is 0. The highest BCUT2D eigenvalue weighted by Gasteiger charge is 2.33. The van der Waals surface area contributed by atoms with Crippen molar-refractivity contribution in [3.8, 4) is 0 Å². The van der Waals surface area contributed by atoms with Crippen LogP contribution in [0.2, 0.25) is 0 Å². The van der Waals surface area contributed by atoms with Gasteiger partial charge in [-0.1, -0.05) is 25.1 Å². The van der Waals surface area contributed by atoms with E-state index in [1.165, 1.54) is 48.9 Å². The van der Waals surface area contributed by atoms with Crippen molar-refractivity contribution in [2.75, 3.05) is 13.1 Å². The minimum atomic E-state index is 0.643. The lowest BCUT2D eigenvalue weighted by molar-refractivity contribution is 0.107. The van der Waals surface area contributed by atoms with Crippen LogP contribution in [0.3, 0.4) is 0 Å². The molecule has 1 aromatic carbocycles. The molecule has 18 heavy (non-hydrogen) atoms. The van der Waals surface area contributed by atoms with Gasteiger partial charge in [0.2, 0.25) is 0 Å². The molecule has 2 aliphatic rings. The van der Waals surface area contributed by atoms with Gasteiger partial charge in [-0.2, -0.15) is 0 Å². The third-order valence-corrected chi connectivity index (χ3v) is 4.80. The number of hydrogen-bond donors (Lipinski definition) is 1. The average Bonchev–Trinajstić information content (AvgIpc) is 2.78. The van der Waals surface area contributed by atoms with E-state index >= 15 is 0 Å². The van der Waals surface area contributed by atoms with E-state index < -0.39 is 0 Å². The number of rotatable bonds is 0. The number of aromatic amines is 1. The predicted molar refractivity (Wildman–Crippen MR) is 74.7 cm³/mol. The molecule has 4 rings (SSSR count). The first-order valence-corrected chi connectivity index (χ1v) is 7.16. The number of fused-ring (bicyclic) bond motifs is 5. The van der Waals surface area contributed by atoms with Gasteiger partial charge in [-0.3, -0.25) is 4.90 Å². The molecule has 2 heteroatoms. The van der Waals surface area contributed by atoms with Crippen LogP contribution in [-0.2, 0) is 6.42 Å². The molecule has 2 atom stereocenters. The van der Waals surface area contributed by atoms with Gasteiger partial charge in [0, 0.05) is 23.1 Å². The summed E-state index contributed by atoms with van der Waals surface area (Å²) in [5.41, 5.74) is 4.41. The maximum atomic E-state index is 3.69. The standard InChI is InChI=1S/C16H20N2/c1-11-6-8-18-9-7-13-12-4-2-3-5-14(12)17-16(13)15(18)10-11/h2-5,11,15,17H,6-10H2,1H3. The van der Waals surface area contributed by atoms with Gasteiger partial charge in [0.25, 0.3) is 0 Å². The Morgan fingerprint density at radius 3 is 3.06 bits per heavy atom. The molecule has 1 fully saturated rings. The fourth-order valence-corrected chi connectivity index (χ4v) is 3.79. The van der Waals surface area contributed by atoms with Crippen LogP contribution >= 0.6 is 0 Å². The number of nitrogens with one attached hydrogen (secondary N) is 1. The normalized spacial score (nSPS) is 28.1. The molecule has 1 saturated heterocycles. The Hall–Kier alpha value is -1.28. The second-order valence-electron chi connectivity index (χ2n) is 5.99. The van der Waals surface area contributed by atoms with E-state index in [0.717, 1.165) is 5.92 Å². The van der Waals surface area contributed by atoms with Gasteiger partial charge in [0.05, 0.1) is 6.04 Å². The highest BCUT2D eigenvalue weighted by atomic mass is 15.2. The number of H-pyrrole nitrogens is 1. The Morgan fingerprint density at radius 1 is 1.22 bits per heavy atom. The van der Waals surface area contributed by atoms with Gasteiger partial charge in [0.1, 0.15) is 0 Å². The Bertz CT molecular complexity index is 584. The van der Waals surface area contributed by atoms with Crippen molar-refractivity contribution >= 4 is 10.9 Å². The number of para-hydroxylation sites is 1. The zero-order valence-electron chi connectivity index (χ0n) is 10.9. The number of nitrogens with zero attached hydrogens (tertiary/aromatic N) is 1. The van der Waals surface area contributed by atoms with Crippen LogP contribution in [0.1, 0.15) is 37.1 Å². The highest BCUT2D eigenvalue weighted by Crippen LogP contribution is 2.40. The van der Waals surface area contributed by atoms with Crippen LogP contribution < -0.4 is 0 Å². The minimum absolute atomic E-state index is 0.643. The van der Waals surface area contributed by atoms with Crippen molar-refractivity contribution < 1.29 is 0 Å². The maximum Gasteiger partial charge on any atom is 0.0504 e. The summed E-state index contributed by atoms with van der Waals surface area (Å²) < 4.78 is 0. The zero-order valence-corrected chi connectivity index (χ0v) is 10.9. The summed E-state index contributed by atoms with van der Waals surface area (Å²) in [5.74, 6) is 0.864. The lowest BCUT2D eigenvalue weighted by atomic mass is 9.86. The SMILES string of the molecule is CC1CCN2CCc3c([nH]c4ccccc34)C2C1. The van der Waals surface area contributed by atoms with E-state index in [4.69, 9.17) is 0 Å². The van der Waals surface area contributed by atoms with Crippen LogP contribution in [0.15, 0.2) is 24.3 Å². The number of piperidine rings is 1. The van der Waals surface area contributed by atoms with Crippen molar-refractivity contribution in [3.63, 3.8) is 0 Å². The molecule has 0 radical (unpaired) electrons. The first-order valence-electron chi connectivity index (χ1n) is 7.16. The number of benzene rings is 1. The molecule has 2 aromatic rings. The van der Waals surface area contributed by atoms with E-state index in [1.807, 2.05) is 0 Å². The van der Waals surface area contributed by atoms with Crippen molar-refractivity contribution in [2.24, 2.45) is 5.92 Å². The van der Waals surface area contributed by atoms with Crippen LogP contribution in [0, 0.1) is 5.92 Å². The van der Waals surface area contributed by atoms with Gasteiger partial charge in [-0.25, -0.2) is 0 Å². The summed E-state index contributed by atoms with van der Waals surface area (Å²) in [7, 11) is 0. The Morgan fingerprint density at radius 2 is 2.11 bits per heavy atom. The first-order chi connectivity index (χ1) is 8.83. The molecule has 0 aliphatic carbocycles. The summed E-state index contributed by atoms with van der Waals surface area (Å²) in [4.78, 5) is 6.37. The third kappa shape index (κ3) is 1.45. The number of hydrogen-bond acceptors (Lipinski definition) is 1. The molecule has 1 aromatic heterocycles. The molecular formula is C16H20N2. The topological polar surface area (TPSA) is 19.0 Å². The number of aromatic nitrogens is 1. The summed E-state index contributed by atoms with van der Waals surface area (Å²) in [6, 6.07) is 9.42. The second-order valence-corrected chi connectivity index (χ2v) is 5.99. The second kappa shape index (κ2) is 3.86. The fraction of sp³-hybridized carbons (Fsp3) is 0.500. The van der Waals surface area contributed by atoms with Crippen LogP contribution in [0.4, 0.5) is 0 Å². The fourth-order valence-electron chi connectivity index (χ4n) is 3.79. The van der Waals surface area contributed by atoms with Crippen LogP contribution in [0.5, 0.6) is 0 Å². The van der Waals surface area contributed by atoms with Crippen molar-refractivity contribution in [1.82, 2.24) is 9.88 Å². The first kappa shape index (κ1) is 10.6. The van der Waals surface area contributed by atoms with Gasteiger partial charge in [0.15, 0.2) is 0 Å². The largest absolute Gasteiger partial charge is 0.357 e. The molecular weight excluding hydrogens is 220 g/mol. The average molecular weight is 240 g/mol. The van der Waals surface area contributed by atoms with E-state index in [0.29, 0.717) is 6.04 Å². The molecule has 2 aliphatic heterocycles. The molecule has 0 bridgehead atoms. The van der Waals surface area contributed by atoms with Crippen LogP contribution in [-0.4, -0.2) is 23.0 Å². The quantitative estimate of drug-likeness (QED) is 0.746. The molecule has 1 N–H and O–H groups in total. The summed E-state index contributed by atoms with van der Waals surface area (Å²) in [6.07, 6.45) is 3.90. The predicted octanol–water partition coefficient (Wildman–Crippen LogP) is 3.50. The lowest BCUT2D eigenvalue weighted by Gasteiger charge is -2.41. The Balaban J connectivity index is 1.86. The van der Waals surface area contributed by atoms with E-state index in [-0.39, 0.29) is 0 Å². The molecule has 0 saturated carbocycles. The summed E-state index contributed by atoms with van der Waals surface area (Å²) in [6.45, 7) is 4.92.